The summed E-state index contributed by atoms with van der Waals surface area (Å²) in [7, 11) is -4.02. The Morgan fingerprint density at radius 3 is 2.47 bits per heavy atom. The number of ether oxygens (including phenoxy) is 1. The van der Waals surface area contributed by atoms with Crippen molar-refractivity contribution in [3.63, 3.8) is 0 Å². The zero-order valence-corrected chi connectivity index (χ0v) is 20.0. The van der Waals surface area contributed by atoms with E-state index in [0.717, 1.165) is 24.1 Å². The van der Waals surface area contributed by atoms with Gasteiger partial charge in [0.1, 0.15) is 6.10 Å². The summed E-state index contributed by atoms with van der Waals surface area (Å²) in [6.45, 7) is 8.88. The predicted octanol–water partition coefficient (Wildman–Crippen LogP) is 4.07. The van der Waals surface area contributed by atoms with Crippen LogP contribution in [0, 0.1) is 18.3 Å². The van der Waals surface area contributed by atoms with Crippen LogP contribution >= 0.6 is 0 Å². The number of nitrogens with zero attached hydrogens (tertiary/aromatic N) is 1. The minimum atomic E-state index is -4.02. The second-order valence-electron chi connectivity index (χ2n) is 9.30. The number of hydrogen-bond acceptors (Lipinski definition) is 7. The molecule has 1 saturated carbocycles. The monoisotopic (exact) mass is 466 g/mol. The molecule has 0 spiro atoms. The maximum atomic E-state index is 12.0. The van der Waals surface area contributed by atoms with Gasteiger partial charge in [0.05, 0.1) is 23.6 Å². The fraction of sp³-hybridized carbons (Fsp3) is 0.565. The third kappa shape index (κ3) is 8.72. The highest BCUT2D eigenvalue weighted by Crippen LogP contribution is 2.39. The number of aromatic nitrogens is 1. The van der Waals surface area contributed by atoms with Gasteiger partial charge in [0.25, 0.3) is 10.1 Å². The van der Waals surface area contributed by atoms with E-state index in [9.17, 15) is 13.2 Å². The second-order valence-corrected chi connectivity index (χ2v) is 10.7. The van der Waals surface area contributed by atoms with E-state index in [1.165, 1.54) is 18.6 Å². The van der Waals surface area contributed by atoms with Gasteiger partial charge in [-0.3, -0.25) is 9.35 Å². The molecule has 1 aromatic heterocycles. The highest BCUT2D eigenvalue weighted by molar-refractivity contribution is 7.85. The Hall–Kier alpha value is -2.23. The van der Waals surface area contributed by atoms with Crippen LogP contribution in [0.25, 0.3) is 0 Å². The molecule has 8 nitrogen and oxygen atoms in total. The van der Waals surface area contributed by atoms with Crippen molar-refractivity contribution in [3.8, 4) is 0 Å². The summed E-state index contributed by atoms with van der Waals surface area (Å²) in [5.41, 5.74) is 7.42. The number of hydrogen-bond donors (Lipinski definition) is 2. The third-order valence-corrected chi connectivity index (χ3v) is 6.23. The van der Waals surface area contributed by atoms with Crippen LogP contribution in [0.5, 0.6) is 0 Å². The lowest BCUT2D eigenvalue weighted by atomic mass is 9.71. The van der Waals surface area contributed by atoms with Gasteiger partial charge in [0.2, 0.25) is 0 Å². The predicted molar refractivity (Wildman–Crippen MR) is 120 cm³/mol. The molecular weight excluding hydrogens is 432 g/mol. The molecule has 1 aliphatic carbocycles. The largest absolute Gasteiger partial charge is 0.462 e. The molecule has 0 saturated heterocycles. The Labute approximate surface area is 190 Å². The van der Waals surface area contributed by atoms with Crippen LogP contribution in [-0.2, 0) is 32.6 Å². The Bertz CT molecular complexity index is 982. The highest BCUT2D eigenvalue weighted by Gasteiger charge is 2.33. The van der Waals surface area contributed by atoms with Crippen molar-refractivity contribution in [1.29, 1.82) is 0 Å². The van der Waals surface area contributed by atoms with Crippen molar-refractivity contribution < 1.29 is 27.0 Å². The van der Waals surface area contributed by atoms with E-state index in [0.29, 0.717) is 31.1 Å². The van der Waals surface area contributed by atoms with Gasteiger partial charge in [0, 0.05) is 12.5 Å². The fourth-order valence-electron chi connectivity index (χ4n) is 4.10. The number of aryl methyl sites for hydroxylation is 2. The van der Waals surface area contributed by atoms with Crippen LogP contribution in [0.15, 0.2) is 39.8 Å². The number of benzene rings is 1. The molecule has 3 rings (SSSR count). The first-order valence-corrected chi connectivity index (χ1v) is 12.2. The lowest BCUT2D eigenvalue weighted by molar-refractivity contribution is -0.153. The summed E-state index contributed by atoms with van der Waals surface area (Å²) in [4.78, 5) is 11.9. The Morgan fingerprint density at radius 1 is 1.28 bits per heavy atom. The SMILES string of the molecule is C[C@H]1C[C@@H](OC(=O)CCc2cc(CN)on2)CC(C)(C)C1.Cc1ccc(S(=O)(=O)O)cc1. The minimum absolute atomic E-state index is 0.0492. The van der Waals surface area contributed by atoms with E-state index in [1.54, 1.807) is 18.2 Å². The minimum Gasteiger partial charge on any atom is -0.462 e. The van der Waals surface area contributed by atoms with E-state index in [2.05, 4.69) is 25.9 Å². The zero-order valence-electron chi connectivity index (χ0n) is 19.2. The average Bonchev–Trinajstić information content (AvgIpc) is 3.13. The maximum Gasteiger partial charge on any atom is 0.306 e. The van der Waals surface area contributed by atoms with Gasteiger partial charge in [0.15, 0.2) is 5.76 Å². The summed E-state index contributed by atoms with van der Waals surface area (Å²) in [5, 5.41) is 3.88. The van der Waals surface area contributed by atoms with Crippen molar-refractivity contribution in [3.05, 3.63) is 47.3 Å². The smallest absolute Gasteiger partial charge is 0.306 e. The van der Waals surface area contributed by atoms with Crippen LogP contribution in [-0.4, -0.2) is 30.2 Å². The molecule has 0 unspecified atom stereocenters. The van der Waals surface area contributed by atoms with Gasteiger partial charge >= 0.3 is 5.97 Å². The van der Waals surface area contributed by atoms with Gasteiger partial charge in [-0.05, 0) is 49.7 Å². The van der Waals surface area contributed by atoms with E-state index in [4.69, 9.17) is 19.5 Å². The molecule has 1 aliphatic rings. The van der Waals surface area contributed by atoms with E-state index in [-0.39, 0.29) is 22.4 Å². The van der Waals surface area contributed by atoms with Gasteiger partial charge in [-0.1, -0.05) is 43.6 Å². The van der Waals surface area contributed by atoms with Crippen LogP contribution in [0.3, 0.4) is 0 Å². The van der Waals surface area contributed by atoms with Crippen LogP contribution in [0.4, 0.5) is 0 Å². The fourth-order valence-corrected chi connectivity index (χ4v) is 4.58. The van der Waals surface area contributed by atoms with Crippen molar-refractivity contribution in [2.24, 2.45) is 17.1 Å². The molecule has 32 heavy (non-hydrogen) atoms. The van der Waals surface area contributed by atoms with E-state index >= 15 is 0 Å². The molecule has 0 radical (unpaired) electrons. The lowest BCUT2D eigenvalue weighted by Crippen LogP contribution is -2.34. The van der Waals surface area contributed by atoms with Gasteiger partial charge in [-0.2, -0.15) is 8.42 Å². The quantitative estimate of drug-likeness (QED) is 0.481. The van der Waals surface area contributed by atoms with Crippen molar-refractivity contribution in [2.45, 2.75) is 77.3 Å². The molecule has 0 aliphatic heterocycles. The third-order valence-electron chi connectivity index (χ3n) is 5.36. The molecule has 3 N–H and O–H groups in total. The Morgan fingerprint density at radius 2 is 1.94 bits per heavy atom. The highest BCUT2D eigenvalue weighted by atomic mass is 32.2. The number of carbonyl (C=O) groups is 1. The standard InChI is InChI=1S/C16H26N2O3.C7H8O3S/c1-11-6-13(9-16(2,3)8-11)20-15(19)5-4-12-7-14(10-17)21-18-12;1-6-2-4-7(5-3-6)11(8,9)10/h7,11,13H,4-6,8-10,17H2,1-3H3;2-5H,1H3,(H,8,9,10)/t11-,13+;/m0./s1. The number of esters is 1. The molecule has 2 aromatic rings. The molecule has 178 valence electrons. The summed E-state index contributed by atoms with van der Waals surface area (Å²) in [6.07, 6.45) is 4.03. The zero-order chi connectivity index (χ0) is 23.9. The van der Waals surface area contributed by atoms with E-state index in [1.807, 2.05) is 6.92 Å². The van der Waals surface area contributed by atoms with Crippen molar-refractivity contribution in [2.75, 3.05) is 0 Å². The van der Waals surface area contributed by atoms with E-state index < -0.39 is 10.1 Å². The number of rotatable bonds is 6. The molecular formula is C23H34N2O6S. The Balaban J connectivity index is 0.000000278. The summed E-state index contributed by atoms with van der Waals surface area (Å²) < 4.78 is 40.2. The first-order chi connectivity index (χ1) is 14.9. The molecule has 9 heteroatoms. The topological polar surface area (TPSA) is 133 Å². The molecule has 1 aromatic carbocycles. The summed E-state index contributed by atoms with van der Waals surface area (Å²) >= 11 is 0. The second kappa shape index (κ2) is 11.1. The lowest BCUT2D eigenvalue weighted by Gasteiger charge is -2.38. The van der Waals surface area contributed by atoms with Crippen molar-refractivity contribution >= 4 is 16.1 Å². The maximum absolute atomic E-state index is 12.0. The van der Waals surface area contributed by atoms with Gasteiger partial charge in [-0.25, -0.2) is 0 Å². The van der Waals surface area contributed by atoms with Crippen LogP contribution in [0.1, 0.15) is 63.5 Å². The first kappa shape index (κ1) is 26.0. The average molecular weight is 467 g/mol. The normalized spacial score (nSPS) is 20.2. The molecule has 1 fully saturated rings. The molecule has 2 atom stereocenters. The van der Waals surface area contributed by atoms with Crippen molar-refractivity contribution in [1.82, 2.24) is 5.16 Å². The van der Waals surface area contributed by atoms with Gasteiger partial charge in [-0.15, -0.1) is 0 Å². The summed E-state index contributed by atoms with van der Waals surface area (Å²) in [5.74, 6) is 1.10. The number of nitrogens with two attached hydrogens (primary N) is 1. The van der Waals surface area contributed by atoms with Gasteiger partial charge < -0.3 is 15.0 Å². The Kier molecular flexibility index (Phi) is 9.00. The molecule has 1 heterocycles. The molecule has 0 bridgehead atoms. The van der Waals surface area contributed by atoms with Crippen LogP contribution < -0.4 is 5.73 Å². The molecule has 0 amide bonds. The first-order valence-electron chi connectivity index (χ1n) is 10.8. The number of carbonyl (C=O) groups excluding carboxylic acids is 1. The summed E-state index contributed by atoms with van der Waals surface area (Å²) in [6, 6.07) is 7.78. The van der Waals surface area contributed by atoms with Crippen LogP contribution in [0.2, 0.25) is 0 Å².